The normalized spacial score (nSPS) is 21.9. The Balaban J connectivity index is 2.16. The van der Waals surface area contributed by atoms with Crippen LogP contribution in [0.1, 0.15) is 43.0 Å². The fourth-order valence-electron chi connectivity index (χ4n) is 2.93. The van der Waals surface area contributed by atoms with Gasteiger partial charge >= 0.3 is 0 Å². The van der Waals surface area contributed by atoms with E-state index < -0.39 is 5.82 Å². The van der Waals surface area contributed by atoms with E-state index in [-0.39, 0.29) is 23.6 Å². The Kier molecular flexibility index (Phi) is 5.17. The van der Waals surface area contributed by atoms with Gasteiger partial charge in [-0.3, -0.25) is 4.79 Å². The minimum absolute atomic E-state index is 0.104. The predicted octanol–water partition coefficient (Wildman–Crippen LogP) is 2.57. The summed E-state index contributed by atoms with van der Waals surface area (Å²) in [5.41, 5.74) is 6.01. The number of hydrogen-bond acceptors (Lipinski definition) is 3. The molecule has 0 atom stereocenters. The molecule has 2 N–H and O–H groups in total. The van der Waals surface area contributed by atoms with Crippen molar-refractivity contribution in [2.75, 3.05) is 13.7 Å². The van der Waals surface area contributed by atoms with Crippen molar-refractivity contribution in [3.05, 3.63) is 29.6 Å². The molecule has 0 unspecified atom stereocenters. The Hall–Kier alpha value is -1.62. The summed E-state index contributed by atoms with van der Waals surface area (Å²) in [4.78, 5) is 14.4. The third-order valence-electron chi connectivity index (χ3n) is 4.19. The zero-order valence-electron chi connectivity index (χ0n) is 12.6. The first-order chi connectivity index (χ1) is 10.1. The Morgan fingerprint density at radius 1 is 1.38 bits per heavy atom. The number of methoxy groups -OCH3 is 1. The molecule has 1 saturated carbocycles. The SMILES string of the molecule is CCN(C(=O)c1ccc(OC)cc1F)C1CCC(N)CC1. The van der Waals surface area contributed by atoms with Crippen molar-refractivity contribution in [3.8, 4) is 5.75 Å². The number of ether oxygens (including phenoxy) is 1. The van der Waals surface area contributed by atoms with E-state index in [1.807, 2.05) is 6.92 Å². The second-order valence-electron chi connectivity index (χ2n) is 5.51. The molecular formula is C16H23FN2O2. The summed E-state index contributed by atoms with van der Waals surface area (Å²) in [6, 6.07) is 4.74. The molecule has 1 fully saturated rings. The average Bonchev–Trinajstić information content (AvgIpc) is 2.49. The Labute approximate surface area is 125 Å². The van der Waals surface area contributed by atoms with E-state index in [1.165, 1.54) is 19.2 Å². The maximum Gasteiger partial charge on any atom is 0.257 e. The highest BCUT2D eigenvalue weighted by atomic mass is 19.1. The summed E-state index contributed by atoms with van der Waals surface area (Å²) in [6.45, 7) is 2.50. The van der Waals surface area contributed by atoms with Gasteiger partial charge in [-0.25, -0.2) is 4.39 Å². The summed E-state index contributed by atoms with van der Waals surface area (Å²) in [5, 5.41) is 0. The standard InChI is InChI=1S/C16H23FN2O2/c1-3-19(12-6-4-11(18)5-7-12)16(20)14-9-8-13(21-2)10-15(14)17/h8-12H,3-7,18H2,1-2H3. The summed E-state index contributed by atoms with van der Waals surface area (Å²) in [5.74, 6) is -0.376. The minimum atomic E-state index is -0.537. The Morgan fingerprint density at radius 2 is 2.05 bits per heavy atom. The number of carbonyl (C=O) groups is 1. The molecule has 0 bridgehead atoms. The van der Waals surface area contributed by atoms with Crippen LogP contribution in [0.2, 0.25) is 0 Å². The molecule has 1 aromatic rings. The molecule has 2 rings (SSSR count). The molecule has 0 aliphatic heterocycles. The summed E-state index contributed by atoms with van der Waals surface area (Å²) in [6.07, 6.45) is 3.61. The predicted molar refractivity (Wildman–Crippen MR) is 79.9 cm³/mol. The number of amides is 1. The van der Waals surface area contributed by atoms with Crippen LogP contribution in [0.4, 0.5) is 4.39 Å². The molecule has 21 heavy (non-hydrogen) atoms. The van der Waals surface area contributed by atoms with Crippen molar-refractivity contribution in [2.45, 2.75) is 44.7 Å². The number of nitrogens with two attached hydrogens (primary N) is 1. The topological polar surface area (TPSA) is 55.6 Å². The summed E-state index contributed by atoms with van der Waals surface area (Å²) in [7, 11) is 1.47. The molecule has 0 radical (unpaired) electrons. The highest BCUT2D eigenvalue weighted by Crippen LogP contribution is 2.25. The largest absolute Gasteiger partial charge is 0.497 e. The lowest BCUT2D eigenvalue weighted by atomic mass is 9.90. The number of rotatable bonds is 4. The van der Waals surface area contributed by atoms with Gasteiger partial charge in [0.1, 0.15) is 11.6 Å². The van der Waals surface area contributed by atoms with E-state index >= 15 is 0 Å². The van der Waals surface area contributed by atoms with Crippen molar-refractivity contribution in [3.63, 3.8) is 0 Å². The van der Waals surface area contributed by atoms with Crippen LogP contribution < -0.4 is 10.5 Å². The van der Waals surface area contributed by atoms with Crippen molar-refractivity contribution in [1.82, 2.24) is 4.90 Å². The molecule has 1 aliphatic rings. The van der Waals surface area contributed by atoms with Gasteiger partial charge in [-0.2, -0.15) is 0 Å². The van der Waals surface area contributed by atoms with Crippen molar-refractivity contribution < 1.29 is 13.9 Å². The number of carbonyl (C=O) groups excluding carboxylic acids is 1. The van der Waals surface area contributed by atoms with E-state index in [9.17, 15) is 9.18 Å². The molecule has 0 spiro atoms. The van der Waals surface area contributed by atoms with Crippen LogP contribution >= 0.6 is 0 Å². The van der Waals surface area contributed by atoms with E-state index in [4.69, 9.17) is 10.5 Å². The number of benzene rings is 1. The highest BCUT2D eigenvalue weighted by molar-refractivity contribution is 5.94. The number of nitrogens with zero attached hydrogens (tertiary/aromatic N) is 1. The molecule has 1 amide bonds. The van der Waals surface area contributed by atoms with Crippen LogP contribution in [-0.4, -0.2) is 36.5 Å². The van der Waals surface area contributed by atoms with Gasteiger partial charge in [0.25, 0.3) is 5.91 Å². The van der Waals surface area contributed by atoms with Gasteiger partial charge < -0.3 is 15.4 Å². The van der Waals surface area contributed by atoms with Crippen LogP contribution in [0.3, 0.4) is 0 Å². The number of hydrogen-bond donors (Lipinski definition) is 1. The second-order valence-corrected chi connectivity index (χ2v) is 5.51. The maximum atomic E-state index is 14.1. The van der Waals surface area contributed by atoms with Gasteiger partial charge in [0, 0.05) is 24.7 Å². The molecular weight excluding hydrogens is 271 g/mol. The minimum Gasteiger partial charge on any atom is -0.497 e. The highest BCUT2D eigenvalue weighted by Gasteiger charge is 2.28. The Morgan fingerprint density at radius 3 is 2.57 bits per heavy atom. The molecule has 1 aliphatic carbocycles. The van der Waals surface area contributed by atoms with Gasteiger partial charge in [-0.15, -0.1) is 0 Å². The third-order valence-corrected chi connectivity index (χ3v) is 4.19. The smallest absolute Gasteiger partial charge is 0.257 e. The van der Waals surface area contributed by atoms with E-state index in [1.54, 1.807) is 11.0 Å². The molecule has 4 nitrogen and oxygen atoms in total. The lowest BCUT2D eigenvalue weighted by Crippen LogP contribution is -2.44. The fraction of sp³-hybridized carbons (Fsp3) is 0.562. The van der Waals surface area contributed by atoms with Crippen LogP contribution in [0.25, 0.3) is 0 Å². The quantitative estimate of drug-likeness (QED) is 0.928. The monoisotopic (exact) mass is 294 g/mol. The lowest BCUT2D eigenvalue weighted by molar-refractivity contribution is 0.0636. The first kappa shape index (κ1) is 15.8. The molecule has 0 aromatic heterocycles. The molecule has 5 heteroatoms. The fourth-order valence-corrected chi connectivity index (χ4v) is 2.93. The van der Waals surface area contributed by atoms with Crippen molar-refractivity contribution in [1.29, 1.82) is 0 Å². The molecule has 0 saturated heterocycles. The van der Waals surface area contributed by atoms with Crippen LogP contribution in [0, 0.1) is 5.82 Å². The van der Waals surface area contributed by atoms with E-state index in [0.717, 1.165) is 25.7 Å². The Bertz CT molecular complexity index is 499. The molecule has 0 heterocycles. The second kappa shape index (κ2) is 6.89. The van der Waals surface area contributed by atoms with Crippen LogP contribution in [0.5, 0.6) is 5.75 Å². The molecule has 116 valence electrons. The van der Waals surface area contributed by atoms with E-state index in [0.29, 0.717) is 12.3 Å². The first-order valence-corrected chi connectivity index (χ1v) is 7.46. The summed E-state index contributed by atoms with van der Waals surface area (Å²) < 4.78 is 19.0. The third kappa shape index (κ3) is 3.53. The van der Waals surface area contributed by atoms with Gasteiger partial charge in [0.15, 0.2) is 0 Å². The zero-order chi connectivity index (χ0) is 15.4. The van der Waals surface area contributed by atoms with Gasteiger partial charge in [-0.1, -0.05) is 0 Å². The van der Waals surface area contributed by atoms with Crippen LogP contribution in [-0.2, 0) is 0 Å². The van der Waals surface area contributed by atoms with E-state index in [2.05, 4.69) is 0 Å². The molecule has 1 aromatic carbocycles. The average molecular weight is 294 g/mol. The number of halogens is 1. The first-order valence-electron chi connectivity index (χ1n) is 7.46. The van der Waals surface area contributed by atoms with Gasteiger partial charge in [0.05, 0.1) is 12.7 Å². The van der Waals surface area contributed by atoms with Crippen LogP contribution in [0.15, 0.2) is 18.2 Å². The van der Waals surface area contributed by atoms with Gasteiger partial charge in [0.2, 0.25) is 0 Å². The lowest BCUT2D eigenvalue weighted by Gasteiger charge is -2.35. The maximum absolute atomic E-state index is 14.1. The van der Waals surface area contributed by atoms with Gasteiger partial charge in [-0.05, 0) is 44.7 Å². The van der Waals surface area contributed by atoms with Crippen molar-refractivity contribution >= 4 is 5.91 Å². The summed E-state index contributed by atoms with van der Waals surface area (Å²) >= 11 is 0. The van der Waals surface area contributed by atoms with Crippen molar-refractivity contribution in [2.24, 2.45) is 5.73 Å². The zero-order valence-corrected chi connectivity index (χ0v) is 12.6.